The normalized spacial score (nSPS) is 15.9. The van der Waals surface area contributed by atoms with Crippen molar-refractivity contribution in [1.82, 2.24) is 19.7 Å². The second-order valence-corrected chi connectivity index (χ2v) is 9.21. The Morgan fingerprint density at radius 3 is 2.74 bits per heavy atom. The molecule has 0 radical (unpaired) electrons. The van der Waals surface area contributed by atoms with Crippen LogP contribution < -0.4 is 4.74 Å². The average Bonchev–Trinajstić information content (AvgIpc) is 3.38. The molecule has 2 aromatic carbocycles. The van der Waals surface area contributed by atoms with Gasteiger partial charge in [0.1, 0.15) is 23.7 Å². The van der Waals surface area contributed by atoms with Gasteiger partial charge in [-0.25, -0.2) is 18.4 Å². The molecule has 5 rings (SSSR count). The van der Waals surface area contributed by atoms with Crippen LogP contribution in [0, 0.1) is 24.5 Å². The summed E-state index contributed by atoms with van der Waals surface area (Å²) in [5.41, 5.74) is 3.18. The Hall–Kier alpha value is -3.52. The number of likely N-dealkylation sites (tertiary alicyclic amines) is 1. The van der Waals surface area contributed by atoms with Crippen LogP contribution in [-0.2, 0) is 17.9 Å². The molecule has 180 valence electrons. The molecule has 1 atom stereocenters. The molecule has 1 fully saturated rings. The van der Waals surface area contributed by atoms with Crippen molar-refractivity contribution >= 4 is 28.4 Å². The van der Waals surface area contributed by atoms with Crippen LogP contribution in [0.3, 0.4) is 0 Å². The molecule has 0 N–H and O–H groups in total. The standard InChI is InChI=1S/C26H23ClF2N4O2/c1-15-6-7-32(26(15)34)12-17-9-18(28)10-22(27)21(17)14-35-24-5-3-4-20-23(8-16(2)31-25(20)24)33-13-19(29)11-30-33/h3-5,8-11,13,15H,6-7,12,14H2,1-2H3. The summed E-state index contributed by atoms with van der Waals surface area (Å²) in [6, 6.07) is 9.92. The summed E-state index contributed by atoms with van der Waals surface area (Å²) >= 11 is 6.42. The summed E-state index contributed by atoms with van der Waals surface area (Å²) < 4.78 is 35.4. The fourth-order valence-corrected chi connectivity index (χ4v) is 4.71. The van der Waals surface area contributed by atoms with Crippen molar-refractivity contribution in [2.75, 3.05) is 6.54 Å². The van der Waals surface area contributed by atoms with Gasteiger partial charge in [0.15, 0.2) is 5.82 Å². The molecule has 3 heterocycles. The van der Waals surface area contributed by atoms with E-state index in [0.717, 1.165) is 18.0 Å². The van der Waals surface area contributed by atoms with E-state index < -0.39 is 11.6 Å². The fraction of sp³-hybridized carbons (Fsp3) is 0.269. The number of aromatic nitrogens is 3. The largest absolute Gasteiger partial charge is 0.487 e. The summed E-state index contributed by atoms with van der Waals surface area (Å²) in [4.78, 5) is 18.8. The Bertz CT molecular complexity index is 1440. The highest BCUT2D eigenvalue weighted by Gasteiger charge is 2.28. The van der Waals surface area contributed by atoms with Crippen LogP contribution in [0.25, 0.3) is 16.6 Å². The van der Waals surface area contributed by atoms with Gasteiger partial charge in [-0.1, -0.05) is 30.7 Å². The van der Waals surface area contributed by atoms with Gasteiger partial charge < -0.3 is 9.64 Å². The van der Waals surface area contributed by atoms with Crippen molar-refractivity contribution < 1.29 is 18.3 Å². The van der Waals surface area contributed by atoms with E-state index in [4.69, 9.17) is 16.3 Å². The number of nitrogens with zero attached hydrogens (tertiary/aromatic N) is 4. The molecule has 0 spiro atoms. The van der Waals surface area contributed by atoms with E-state index in [1.807, 2.05) is 32.0 Å². The highest BCUT2D eigenvalue weighted by molar-refractivity contribution is 6.31. The number of pyridine rings is 1. The Morgan fingerprint density at radius 2 is 2.03 bits per heavy atom. The second-order valence-electron chi connectivity index (χ2n) is 8.80. The maximum atomic E-state index is 14.2. The molecule has 1 saturated heterocycles. The van der Waals surface area contributed by atoms with Gasteiger partial charge >= 0.3 is 0 Å². The fourth-order valence-electron chi connectivity index (χ4n) is 4.43. The number of fused-ring (bicyclic) bond motifs is 1. The zero-order valence-electron chi connectivity index (χ0n) is 19.3. The first-order valence-corrected chi connectivity index (χ1v) is 11.7. The van der Waals surface area contributed by atoms with Crippen LogP contribution in [0.2, 0.25) is 5.02 Å². The number of hydrogen-bond donors (Lipinski definition) is 0. The van der Waals surface area contributed by atoms with Crippen LogP contribution in [0.4, 0.5) is 8.78 Å². The zero-order chi connectivity index (χ0) is 24.7. The number of hydrogen-bond acceptors (Lipinski definition) is 4. The van der Waals surface area contributed by atoms with Gasteiger partial charge in [-0.3, -0.25) is 4.79 Å². The number of carbonyl (C=O) groups excluding carboxylic acids is 1. The third kappa shape index (κ3) is 4.58. The Kier molecular flexibility index (Phi) is 6.15. The van der Waals surface area contributed by atoms with Crippen molar-refractivity contribution in [2.24, 2.45) is 5.92 Å². The quantitative estimate of drug-likeness (QED) is 0.348. The zero-order valence-corrected chi connectivity index (χ0v) is 20.0. The van der Waals surface area contributed by atoms with Gasteiger partial charge in [-0.05, 0) is 43.2 Å². The van der Waals surface area contributed by atoms with Gasteiger partial charge in [0, 0.05) is 35.7 Å². The Labute approximate surface area is 206 Å². The van der Waals surface area contributed by atoms with Crippen molar-refractivity contribution in [3.8, 4) is 11.4 Å². The predicted octanol–water partition coefficient (Wildman–Crippen LogP) is 5.61. The number of benzene rings is 2. The average molecular weight is 497 g/mol. The van der Waals surface area contributed by atoms with Crippen LogP contribution in [0.15, 0.2) is 48.8 Å². The molecule has 9 heteroatoms. The lowest BCUT2D eigenvalue weighted by Gasteiger charge is -2.20. The van der Waals surface area contributed by atoms with Crippen LogP contribution >= 0.6 is 11.6 Å². The highest BCUT2D eigenvalue weighted by Crippen LogP contribution is 2.32. The molecule has 1 aliphatic rings. The Balaban J connectivity index is 1.48. The molecule has 1 aliphatic heterocycles. The SMILES string of the molecule is Cc1cc(-n2cc(F)cn2)c2cccc(OCc3c(Cl)cc(F)cc3CN3CCC(C)C3=O)c2n1. The lowest BCUT2D eigenvalue weighted by molar-refractivity contribution is -0.131. The molecule has 4 aromatic rings. The first-order valence-electron chi connectivity index (χ1n) is 11.3. The van der Waals surface area contributed by atoms with Gasteiger partial charge in [-0.2, -0.15) is 5.10 Å². The molecule has 1 amide bonds. The molecular weight excluding hydrogens is 474 g/mol. The number of carbonyl (C=O) groups is 1. The van der Waals surface area contributed by atoms with E-state index in [2.05, 4.69) is 10.1 Å². The van der Waals surface area contributed by atoms with Crippen molar-refractivity contribution in [2.45, 2.75) is 33.4 Å². The third-order valence-corrected chi connectivity index (χ3v) is 6.59. The summed E-state index contributed by atoms with van der Waals surface area (Å²) in [5.74, 6) is -0.400. The number of para-hydroxylation sites is 1. The molecular formula is C26H23ClF2N4O2. The molecule has 0 saturated carbocycles. The van der Waals surface area contributed by atoms with Gasteiger partial charge in [0.05, 0.1) is 23.1 Å². The number of halogens is 3. The number of ether oxygens (including phenoxy) is 1. The lowest BCUT2D eigenvalue weighted by Crippen LogP contribution is -2.27. The number of aryl methyl sites for hydroxylation is 1. The topological polar surface area (TPSA) is 60.2 Å². The smallest absolute Gasteiger partial charge is 0.225 e. The molecule has 35 heavy (non-hydrogen) atoms. The van der Waals surface area contributed by atoms with Crippen LogP contribution in [0.5, 0.6) is 5.75 Å². The third-order valence-electron chi connectivity index (χ3n) is 6.26. The van der Waals surface area contributed by atoms with E-state index in [0.29, 0.717) is 40.3 Å². The summed E-state index contributed by atoms with van der Waals surface area (Å²) in [6.45, 7) is 4.68. The predicted molar refractivity (Wildman–Crippen MR) is 129 cm³/mol. The van der Waals surface area contributed by atoms with E-state index in [1.165, 1.54) is 23.0 Å². The van der Waals surface area contributed by atoms with Gasteiger partial charge in [0.25, 0.3) is 0 Å². The minimum Gasteiger partial charge on any atom is -0.487 e. The summed E-state index contributed by atoms with van der Waals surface area (Å²) in [6.07, 6.45) is 3.22. The second kappa shape index (κ2) is 9.26. The highest BCUT2D eigenvalue weighted by atomic mass is 35.5. The molecule has 2 aromatic heterocycles. The van der Waals surface area contributed by atoms with E-state index >= 15 is 0 Å². The molecule has 0 bridgehead atoms. The number of amides is 1. The minimum atomic E-state index is -0.466. The van der Waals surface area contributed by atoms with Crippen LogP contribution in [-0.4, -0.2) is 32.1 Å². The monoisotopic (exact) mass is 496 g/mol. The van der Waals surface area contributed by atoms with E-state index in [-0.39, 0.29) is 30.0 Å². The van der Waals surface area contributed by atoms with Crippen molar-refractivity contribution in [1.29, 1.82) is 0 Å². The summed E-state index contributed by atoms with van der Waals surface area (Å²) in [7, 11) is 0. The number of rotatable bonds is 6. The maximum absolute atomic E-state index is 14.2. The first kappa shape index (κ1) is 23.2. The molecule has 1 unspecified atom stereocenters. The summed E-state index contributed by atoms with van der Waals surface area (Å²) in [5, 5.41) is 5.05. The van der Waals surface area contributed by atoms with Crippen molar-refractivity contribution in [3.63, 3.8) is 0 Å². The van der Waals surface area contributed by atoms with Gasteiger partial charge in [-0.15, -0.1) is 0 Å². The molecule has 0 aliphatic carbocycles. The van der Waals surface area contributed by atoms with Crippen LogP contribution in [0.1, 0.15) is 30.2 Å². The van der Waals surface area contributed by atoms with E-state index in [1.54, 1.807) is 11.0 Å². The van der Waals surface area contributed by atoms with E-state index in [9.17, 15) is 13.6 Å². The molecule has 6 nitrogen and oxygen atoms in total. The Morgan fingerprint density at radius 1 is 1.20 bits per heavy atom. The van der Waals surface area contributed by atoms with Crippen molar-refractivity contribution in [3.05, 3.63) is 82.3 Å². The minimum absolute atomic E-state index is 0.0406. The lowest BCUT2D eigenvalue weighted by atomic mass is 10.1. The van der Waals surface area contributed by atoms with Gasteiger partial charge in [0.2, 0.25) is 5.91 Å². The first-order chi connectivity index (χ1) is 16.8. The maximum Gasteiger partial charge on any atom is 0.225 e.